The number of carbonyl (C=O) groups is 1. The molecule has 0 radical (unpaired) electrons. The Morgan fingerprint density at radius 1 is 1.06 bits per heavy atom. The number of fused-ring (bicyclic) bond motifs is 1. The van der Waals surface area contributed by atoms with Gasteiger partial charge in [0.25, 0.3) is 5.91 Å². The summed E-state index contributed by atoms with van der Waals surface area (Å²) in [5.74, 6) is -0.0222. The number of nitrogens with one attached hydrogen (secondary N) is 2. The van der Waals surface area contributed by atoms with E-state index < -0.39 is 0 Å². The predicted octanol–water partition coefficient (Wildman–Crippen LogP) is 1.79. The second-order valence-corrected chi connectivity index (χ2v) is 3.92. The lowest BCUT2D eigenvalue weighted by Crippen LogP contribution is -2.30. The van der Waals surface area contributed by atoms with E-state index in [1.54, 1.807) is 0 Å². The van der Waals surface area contributed by atoms with Gasteiger partial charge in [0, 0.05) is 18.7 Å². The van der Waals surface area contributed by atoms with E-state index in [-0.39, 0.29) is 5.91 Å². The first-order valence-corrected chi connectivity index (χ1v) is 5.73. The highest BCUT2D eigenvalue weighted by atomic mass is 16.1. The zero-order valence-corrected chi connectivity index (χ0v) is 9.86. The largest absolute Gasteiger partial charge is 0.351 e. The van der Waals surface area contributed by atoms with Crippen molar-refractivity contribution in [2.45, 2.75) is 0 Å². The molecule has 17 heavy (non-hydrogen) atoms. The number of rotatable bonds is 4. The number of benzene rings is 2. The minimum Gasteiger partial charge on any atom is -0.351 e. The van der Waals surface area contributed by atoms with Crippen molar-refractivity contribution in [3.8, 4) is 0 Å². The van der Waals surface area contributed by atoms with E-state index in [1.165, 1.54) is 0 Å². The molecule has 2 aromatic carbocycles. The quantitative estimate of drug-likeness (QED) is 0.783. The third-order valence-electron chi connectivity index (χ3n) is 2.67. The molecule has 0 heterocycles. The molecule has 0 spiro atoms. The maximum Gasteiger partial charge on any atom is 0.251 e. The summed E-state index contributed by atoms with van der Waals surface area (Å²) in [5, 5.41) is 8.10. The summed E-state index contributed by atoms with van der Waals surface area (Å²) < 4.78 is 0. The normalized spacial score (nSPS) is 10.4. The highest BCUT2D eigenvalue weighted by Gasteiger charge is 2.04. The number of hydrogen-bond donors (Lipinski definition) is 2. The standard InChI is InChI=1S/C14H16N2O/c1-15-8-9-16-14(17)13-7-6-11-4-2-3-5-12(11)10-13/h2-7,10,15H,8-9H2,1H3,(H,16,17). The highest BCUT2D eigenvalue weighted by Crippen LogP contribution is 2.15. The molecule has 1 amide bonds. The Bertz CT molecular complexity index is 522. The summed E-state index contributed by atoms with van der Waals surface area (Å²) in [5.41, 5.74) is 0.708. The number of likely N-dealkylation sites (N-methyl/N-ethyl adjacent to an activating group) is 1. The van der Waals surface area contributed by atoms with Crippen molar-refractivity contribution in [3.05, 3.63) is 48.0 Å². The van der Waals surface area contributed by atoms with Crippen LogP contribution in [0.2, 0.25) is 0 Å². The Kier molecular flexibility index (Phi) is 3.73. The van der Waals surface area contributed by atoms with Gasteiger partial charge in [0.05, 0.1) is 0 Å². The molecule has 0 aliphatic carbocycles. The Hall–Kier alpha value is -1.87. The monoisotopic (exact) mass is 228 g/mol. The maximum atomic E-state index is 11.8. The molecule has 0 unspecified atom stereocenters. The van der Waals surface area contributed by atoms with Crippen molar-refractivity contribution < 1.29 is 4.79 Å². The molecule has 0 aliphatic rings. The van der Waals surface area contributed by atoms with Crippen LogP contribution in [0.5, 0.6) is 0 Å². The van der Waals surface area contributed by atoms with E-state index >= 15 is 0 Å². The molecular formula is C14H16N2O. The molecule has 0 fully saturated rings. The highest BCUT2D eigenvalue weighted by molar-refractivity contribution is 5.98. The van der Waals surface area contributed by atoms with Gasteiger partial charge < -0.3 is 10.6 Å². The molecular weight excluding hydrogens is 212 g/mol. The van der Waals surface area contributed by atoms with Gasteiger partial charge in [-0.15, -0.1) is 0 Å². The van der Waals surface area contributed by atoms with E-state index in [1.807, 2.05) is 49.5 Å². The molecule has 0 bridgehead atoms. The first-order chi connectivity index (χ1) is 8.31. The van der Waals surface area contributed by atoms with Crippen LogP contribution in [0.3, 0.4) is 0 Å². The summed E-state index contributed by atoms with van der Waals surface area (Å²) in [7, 11) is 1.86. The third kappa shape index (κ3) is 2.82. The summed E-state index contributed by atoms with van der Waals surface area (Å²) in [6.07, 6.45) is 0. The minimum atomic E-state index is -0.0222. The summed E-state index contributed by atoms with van der Waals surface area (Å²) >= 11 is 0. The van der Waals surface area contributed by atoms with Crippen LogP contribution in [0.15, 0.2) is 42.5 Å². The van der Waals surface area contributed by atoms with Gasteiger partial charge in [0.2, 0.25) is 0 Å². The third-order valence-corrected chi connectivity index (χ3v) is 2.67. The fraction of sp³-hybridized carbons (Fsp3) is 0.214. The van der Waals surface area contributed by atoms with Crippen LogP contribution in [0.1, 0.15) is 10.4 Å². The van der Waals surface area contributed by atoms with Crippen molar-refractivity contribution in [1.82, 2.24) is 10.6 Å². The van der Waals surface area contributed by atoms with Crippen LogP contribution < -0.4 is 10.6 Å². The fourth-order valence-corrected chi connectivity index (χ4v) is 1.73. The molecule has 88 valence electrons. The maximum absolute atomic E-state index is 11.8. The van der Waals surface area contributed by atoms with Gasteiger partial charge in [0.1, 0.15) is 0 Å². The Balaban J connectivity index is 2.15. The van der Waals surface area contributed by atoms with E-state index in [4.69, 9.17) is 0 Å². The van der Waals surface area contributed by atoms with Crippen molar-refractivity contribution in [2.24, 2.45) is 0 Å². The summed E-state index contributed by atoms with van der Waals surface area (Å²) in [6, 6.07) is 13.8. The van der Waals surface area contributed by atoms with Gasteiger partial charge in [-0.25, -0.2) is 0 Å². The topological polar surface area (TPSA) is 41.1 Å². The van der Waals surface area contributed by atoms with Gasteiger partial charge in [-0.2, -0.15) is 0 Å². The fourth-order valence-electron chi connectivity index (χ4n) is 1.73. The van der Waals surface area contributed by atoms with E-state index in [9.17, 15) is 4.79 Å². The molecule has 3 heteroatoms. The zero-order valence-electron chi connectivity index (χ0n) is 9.86. The predicted molar refractivity (Wildman–Crippen MR) is 70.2 cm³/mol. The molecule has 0 aliphatic heterocycles. The van der Waals surface area contributed by atoms with E-state index in [2.05, 4.69) is 10.6 Å². The number of carbonyl (C=O) groups excluding carboxylic acids is 1. The molecule has 3 nitrogen and oxygen atoms in total. The Morgan fingerprint density at radius 2 is 1.82 bits per heavy atom. The SMILES string of the molecule is CNCCNC(=O)c1ccc2ccccc2c1. The van der Waals surface area contributed by atoms with E-state index in [0.717, 1.165) is 17.3 Å². The van der Waals surface area contributed by atoms with Gasteiger partial charge in [-0.1, -0.05) is 30.3 Å². The van der Waals surface area contributed by atoms with Crippen LogP contribution in [-0.2, 0) is 0 Å². The molecule has 0 atom stereocenters. The molecule has 0 saturated carbocycles. The number of amides is 1. The average Bonchev–Trinajstić information content (AvgIpc) is 2.38. The Morgan fingerprint density at radius 3 is 2.59 bits per heavy atom. The molecule has 2 N–H and O–H groups in total. The lowest BCUT2D eigenvalue weighted by molar-refractivity contribution is 0.0954. The van der Waals surface area contributed by atoms with Crippen LogP contribution in [-0.4, -0.2) is 26.0 Å². The van der Waals surface area contributed by atoms with Crippen molar-refractivity contribution in [2.75, 3.05) is 20.1 Å². The lowest BCUT2D eigenvalue weighted by Gasteiger charge is -2.05. The average molecular weight is 228 g/mol. The zero-order chi connectivity index (χ0) is 12.1. The first-order valence-electron chi connectivity index (χ1n) is 5.73. The van der Waals surface area contributed by atoms with Crippen LogP contribution >= 0.6 is 0 Å². The molecule has 2 aromatic rings. The second kappa shape index (κ2) is 5.46. The summed E-state index contributed by atoms with van der Waals surface area (Å²) in [6.45, 7) is 1.42. The van der Waals surface area contributed by atoms with Crippen molar-refractivity contribution in [3.63, 3.8) is 0 Å². The smallest absolute Gasteiger partial charge is 0.251 e. The van der Waals surface area contributed by atoms with Crippen molar-refractivity contribution >= 4 is 16.7 Å². The minimum absolute atomic E-state index is 0.0222. The summed E-state index contributed by atoms with van der Waals surface area (Å²) in [4.78, 5) is 11.8. The van der Waals surface area contributed by atoms with Crippen LogP contribution in [0, 0.1) is 0 Å². The van der Waals surface area contributed by atoms with Gasteiger partial charge in [-0.05, 0) is 30.0 Å². The van der Waals surface area contributed by atoms with Gasteiger partial charge in [0.15, 0.2) is 0 Å². The van der Waals surface area contributed by atoms with Crippen LogP contribution in [0.25, 0.3) is 10.8 Å². The first kappa shape index (κ1) is 11.6. The van der Waals surface area contributed by atoms with Gasteiger partial charge >= 0.3 is 0 Å². The van der Waals surface area contributed by atoms with E-state index in [0.29, 0.717) is 12.1 Å². The van der Waals surface area contributed by atoms with Crippen LogP contribution in [0.4, 0.5) is 0 Å². The molecule has 0 saturated heterocycles. The lowest BCUT2D eigenvalue weighted by atomic mass is 10.1. The van der Waals surface area contributed by atoms with Crippen molar-refractivity contribution in [1.29, 1.82) is 0 Å². The van der Waals surface area contributed by atoms with Gasteiger partial charge in [-0.3, -0.25) is 4.79 Å². The number of hydrogen-bond acceptors (Lipinski definition) is 2. The molecule has 2 rings (SSSR count). The molecule has 0 aromatic heterocycles. The Labute approximate surface area is 101 Å². The second-order valence-electron chi connectivity index (χ2n) is 3.92.